The average molecular weight is 351 g/mol. The van der Waals surface area contributed by atoms with Crippen LogP contribution in [0.4, 0.5) is 4.79 Å². The van der Waals surface area contributed by atoms with Gasteiger partial charge in [-0.25, -0.2) is 9.69 Å². The summed E-state index contributed by atoms with van der Waals surface area (Å²) in [6, 6.07) is 0.0386. The molecule has 0 aromatic heterocycles. The minimum absolute atomic E-state index is 0.0385. The van der Waals surface area contributed by atoms with E-state index >= 15 is 0 Å². The molecule has 0 radical (unpaired) electrons. The molecule has 4 nitrogen and oxygen atoms in total. The van der Waals surface area contributed by atoms with Crippen LogP contribution in [0.5, 0.6) is 0 Å². The van der Waals surface area contributed by atoms with E-state index in [0.717, 1.165) is 19.3 Å². The minimum atomic E-state index is -0.547. The number of rotatable bonds is 0. The van der Waals surface area contributed by atoms with E-state index < -0.39 is 11.7 Å². The van der Waals surface area contributed by atoms with E-state index in [2.05, 4.69) is 22.6 Å². The summed E-state index contributed by atoms with van der Waals surface area (Å²) in [5.74, 6) is 0.00181. The van der Waals surface area contributed by atoms with Gasteiger partial charge in [0, 0.05) is 9.84 Å². The Kier molecular flexibility index (Phi) is 3.40. The first-order valence-corrected chi connectivity index (χ1v) is 7.24. The van der Waals surface area contributed by atoms with Gasteiger partial charge in [0.2, 0.25) is 5.91 Å². The van der Waals surface area contributed by atoms with E-state index in [1.807, 2.05) is 20.8 Å². The molecule has 2 bridgehead atoms. The van der Waals surface area contributed by atoms with Crippen LogP contribution in [0.2, 0.25) is 0 Å². The fourth-order valence-electron chi connectivity index (χ4n) is 2.50. The number of hydrogen-bond donors (Lipinski definition) is 0. The Morgan fingerprint density at radius 3 is 2.65 bits per heavy atom. The van der Waals surface area contributed by atoms with E-state index in [-0.39, 0.29) is 17.9 Å². The zero-order valence-corrected chi connectivity index (χ0v) is 12.6. The summed E-state index contributed by atoms with van der Waals surface area (Å²) in [4.78, 5) is 25.5. The van der Waals surface area contributed by atoms with E-state index in [1.165, 1.54) is 4.90 Å². The van der Waals surface area contributed by atoms with Crippen molar-refractivity contribution < 1.29 is 14.3 Å². The van der Waals surface area contributed by atoms with Gasteiger partial charge < -0.3 is 4.74 Å². The second-order valence-electron chi connectivity index (χ2n) is 5.78. The standard InChI is InChI=1S/C12H18INO3/c1-12(2,3)17-11(16)14-9-6-7(10(14)15)4-5-8(9)13/h7-9H,4-6H2,1-3H3/t7-,8?,9-/m0/s1. The smallest absolute Gasteiger partial charge is 0.417 e. The van der Waals surface area contributed by atoms with Crippen LogP contribution in [0.15, 0.2) is 0 Å². The summed E-state index contributed by atoms with van der Waals surface area (Å²) >= 11 is 2.34. The van der Waals surface area contributed by atoms with Crippen LogP contribution in [0.3, 0.4) is 0 Å². The molecule has 17 heavy (non-hydrogen) atoms. The molecule has 1 unspecified atom stereocenters. The molecule has 0 aromatic carbocycles. The van der Waals surface area contributed by atoms with Crippen LogP contribution in [0.1, 0.15) is 40.0 Å². The number of fused-ring (bicyclic) bond motifs is 2. The maximum atomic E-state index is 12.1. The number of nitrogens with zero attached hydrogens (tertiary/aromatic N) is 1. The highest BCUT2D eigenvalue weighted by Gasteiger charge is 2.49. The highest BCUT2D eigenvalue weighted by atomic mass is 127. The Hall–Kier alpha value is -0.330. The molecule has 2 aliphatic rings. The number of amides is 2. The van der Waals surface area contributed by atoms with E-state index in [9.17, 15) is 9.59 Å². The van der Waals surface area contributed by atoms with Crippen molar-refractivity contribution in [1.82, 2.24) is 4.90 Å². The molecule has 0 spiro atoms. The lowest BCUT2D eigenvalue weighted by atomic mass is 9.90. The third kappa shape index (κ3) is 2.58. The van der Waals surface area contributed by atoms with Gasteiger partial charge in [-0.3, -0.25) is 4.79 Å². The van der Waals surface area contributed by atoms with E-state index in [4.69, 9.17) is 4.74 Å². The molecule has 2 fully saturated rings. The van der Waals surface area contributed by atoms with Crippen LogP contribution >= 0.6 is 22.6 Å². The first-order valence-electron chi connectivity index (χ1n) is 6.00. The first-order chi connectivity index (χ1) is 7.79. The largest absolute Gasteiger partial charge is 0.443 e. The predicted octanol–water partition coefficient (Wildman–Crippen LogP) is 2.74. The van der Waals surface area contributed by atoms with Gasteiger partial charge in [0.1, 0.15) is 5.60 Å². The number of carbonyl (C=O) groups is 2. The predicted molar refractivity (Wildman–Crippen MR) is 72.0 cm³/mol. The maximum absolute atomic E-state index is 12.1. The van der Waals surface area contributed by atoms with Crippen molar-refractivity contribution in [2.75, 3.05) is 0 Å². The summed E-state index contributed by atoms with van der Waals surface area (Å²) < 4.78 is 5.68. The van der Waals surface area contributed by atoms with Crippen LogP contribution in [0.25, 0.3) is 0 Å². The van der Waals surface area contributed by atoms with E-state index in [1.54, 1.807) is 0 Å². The quantitative estimate of drug-likeness (QED) is 0.498. The summed E-state index contributed by atoms with van der Waals surface area (Å²) in [5, 5.41) is 0. The van der Waals surface area contributed by atoms with Crippen LogP contribution < -0.4 is 0 Å². The number of carbonyl (C=O) groups excluding carboxylic acids is 2. The zero-order valence-electron chi connectivity index (χ0n) is 10.4. The number of hydrogen-bond acceptors (Lipinski definition) is 3. The number of likely N-dealkylation sites (tertiary alicyclic amines) is 1. The lowest BCUT2D eigenvalue weighted by molar-refractivity contribution is -0.130. The van der Waals surface area contributed by atoms with Crippen LogP contribution in [-0.4, -0.2) is 32.5 Å². The average Bonchev–Trinajstić information content (AvgIpc) is 2.44. The first kappa shape index (κ1) is 13.1. The van der Waals surface area contributed by atoms with Crippen molar-refractivity contribution in [1.29, 1.82) is 0 Å². The van der Waals surface area contributed by atoms with Crippen molar-refractivity contribution in [2.45, 2.75) is 55.6 Å². The molecule has 1 saturated heterocycles. The van der Waals surface area contributed by atoms with Gasteiger partial charge in [-0.1, -0.05) is 22.6 Å². The van der Waals surface area contributed by atoms with Gasteiger partial charge in [-0.15, -0.1) is 0 Å². The molecular formula is C12H18INO3. The van der Waals surface area contributed by atoms with Crippen molar-refractivity contribution in [2.24, 2.45) is 5.92 Å². The van der Waals surface area contributed by atoms with E-state index in [0.29, 0.717) is 3.92 Å². The fourth-order valence-corrected chi connectivity index (χ4v) is 3.47. The fraction of sp³-hybridized carbons (Fsp3) is 0.833. The van der Waals surface area contributed by atoms with Gasteiger partial charge in [-0.05, 0) is 40.0 Å². The van der Waals surface area contributed by atoms with Crippen molar-refractivity contribution in [3.63, 3.8) is 0 Å². The van der Waals surface area contributed by atoms with Crippen molar-refractivity contribution in [3.8, 4) is 0 Å². The number of ether oxygens (including phenoxy) is 1. The zero-order chi connectivity index (χ0) is 12.8. The highest BCUT2D eigenvalue weighted by Crippen LogP contribution is 2.40. The summed E-state index contributed by atoms with van der Waals surface area (Å²) in [6.45, 7) is 5.46. The van der Waals surface area contributed by atoms with Gasteiger partial charge in [0.15, 0.2) is 0 Å². The molecule has 3 atom stereocenters. The lowest BCUT2D eigenvalue weighted by Gasteiger charge is -2.29. The Balaban J connectivity index is 2.15. The van der Waals surface area contributed by atoms with Gasteiger partial charge in [-0.2, -0.15) is 0 Å². The lowest BCUT2D eigenvalue weighted by Crippen LogP contribution is -2.45. The second kappa shape index (κ2) is 4.40. The minimum Gasteiger partial charge on any atom is -0.443 e. The summed E-state index contributed by atoms with van der Waals surface area (Å²) in [7, 11) is 0. The number of halogens is 1. The molecule has 1 aliphatic carbocycles. The Labute approximate surface area is 115 Å². The van der Waals surface area contributed by atoms with Crippen LogP contribution in [-0.2, 0) is 9.53 Å². The molecule has 0 aromatic rings. The van der Waals surface area contributed by atoms with Gasteiger partial charge >= 0.3 is 6.09 Å². The second-order valence-corrected chi connectivity index (χ2v) is 7.38. The molecule has 2 amide bonds. The topological polar surface area (TPSA) is 46.6 Å². The number of alkyl halides is 1. The Morgan fingerprint density at radius 2 is 2.06 bits per heavy atom. The molecule has 1 heterocycles. The number of imide groups is 1. The summed E-state index contributed by atoms with van der Waals surface area (Å²) in [5.41, 5.74) is -0.547. The van der Waals surface area contributed by atoms with Crippen molar-refractivity contribution >= 4 is 34.6 Å². The molecular weight excluding hydrogens is 333 g/mol. The Bertz CT molecular complexity index is 350. The molecule has 96 valence electrons. The molecule has 0 N–H and O–H groups in total. The Morgan fingerprint density at radius 1 is 1.41 bits per heavy atom. The molecule has 2 rings (SSSR count). The molecule has 1 aliphatic heterocycles. The third-order valence-corrected chi connectivity index (χ3v) is 4.70. The highest BCUT2D eigenvalue weighted by molar-refractivity contribution is 14.1. The maximum Gasteiger partial charge on any atom is 0.417 e. The molecule has 1 saturated carbocycles. The van der Waals surface area contributed by atoms with Crippen molar-refractivity contribution in [3.05, 3.63) is 0 Å². The third-order valence-electron chi connectivity index (χ3n) is 3.24. The monoisotopic (exact) mass is 351 g/mol. The van der Waals surface area contributed by atoms with Gasteiger partial charge in [0.05, 0.1) is 6.04 Å². The van der Waals surface area contributed by atoms with Gasteiger partial charge in [0.25, 0.3) is 0 Å². The van der Waals surface area contributed by atoms with Crippen LogP contribution in [0, 0.1) is 5.92 Å². The molecule has 5 heteroatoms. The SMILES string of the molecule is CC(C)(C)OC(=O)N1C(=O)[C@H]2CCC(I)[C@@H]1C2. The summed E-state index contributed by atoms with van der Waals surface area (Å²) in [6.07, 6.45) is 2.26. The normalized spacial score (nSPS) is 32.8.